The van der Waals surface area contributed by atoms with Crippen molar-refractivity contribution in [3.05, 3.63) is 40.8 Å². The lowest BCUT2D eigenvalue weighted by Crippen LogP contribution is -2.20. The molecular weight excluding hydrogens is 286 g/mol. The molecule has 2 aromatic heterocycles. The second-order valence-electron chi connectivity index (χ2n) is 5.45. The molecule has 22 heavy (non-hydrogen) atoms. The van der Waals surface area contributed by atoms with Crippen LogP contribution in [0.5, 0.6) is 11.5 Å². The third kappa shape index (κ3) is 3.30. The Kier molecular flexibility index (Phi) is 4.15. The average molecular weight is 305 g/mol. The molecule has 1 saturated carbocycles. The number of aliphatic hydroxyl groups excluding tert-OH is 1. The van der Waals surface area contributed by atoms with Crippen LogP contribution in [0.3, 0.4) is 0 Å². The minimum atomic E-state index is -0.900. The van der Waals surface area contributed by atoms with E-state index in [4.69, 9.17) is 9.47 Å². The van der Waals surface area contributed by atoms with Crippen molar-refractivity contribution in [1.29, 1.82) is 0 Å². The Morgan fingerprint density at radius 1 is 1.50 bits per heavy atom. The molecule has 7 heteroatoms. The van der Waals surface area contributed by atoms with Crippen LogP contribution < -0.4 is 15.2 Å². The maximum Gasteiger partial charge on any atom is 0.325 e. The first-order valence-corrected chi connectivity index (χ1v) is 7.26. The number of methoxy groups -OCH3 is 1. The maximum absolute atomic E-state index is 11.5. The first-order chi connectivity index (χ1) is 10.7. The Bertz CT molecular complexity index is 690. The summed E-state index contributed by atoms with van der Waals surface area (Å²) in [6.07, 6.45) is 6.13. The van der Waals surface area contributed by atoms with E-state index in [1.807, 2.05) is 0 Å². The summed E-state index contributed by atoms with van der Waals surface area (Å²) in [5, 5.41) is 10.3. The molecule has 2 aromatic rings. The monoisotopic (exact) mass is 305 g/mol. The largest absolute Gasteiger partial charge is 0.491 e. The zero-order chi connectivity index (χ0) is 15.5. The molecule has 7 nitrogen and oxygen atoms in total. The number of rotatable bonds is 7. The molecule has 0 spiro atoms. The van der Waals surface area contributed by atoms with Crippen LogP contribution >= 0.6 is 0 Å². The number of pyridine rings is 1. The van der Waals surface area contributed by atoms with Gasteiger partial charge in [-0.15, -0.1) is 0 Å². The summed E-state index contributed by atoms with van der Waals surface area (Å²) in [5.41, 5.74) is 0.178. The Hall–Kier alpha value is -2.28. The molecule has 2 heterocycles. The number of nitrogens with zero attached hydrogens (tertiary/aromatic N) is 2. The fourth-order valence-corrected chi connectivity index (χ4v) is 2.15. The van der Waals surface area contributed by atoms with Crippen molar-refractivity contribution in [2.24, 2.45) is 5.92 Å². The van der Waals surface area contributed by atoms with Crippen molar-refractivity contribution in [2.45, 2.75) is 25.5 Å². The molecule has 1 fully saturated rings. The SMILES string of the molecule is COc1cnc(C(O)Cn2cc[nH]c2=O)cc1OCC1CC1. The van der Waals surface area contributed by atoms with Crippen LogP contribution in [0.4, 0.5) is 0 Å². The molecule has 1 atom stereocenters. The predicted octanol–water partition coefficient (Wildman–Crippen LogP) is 1.10. The van der Waals surface area contributed by atoms with Gasteiger partial charge in [0.2, 0.25) is 0 Å². The van der Waals surface area contributed by atoms with Crippen LogP contribution in [-0.4, -0.2) is 33.4 Å². The Morgan fingerprint density at radius 2 is 2.32 bits per heavy atom. The second-order valence-corrected chi connectivity index (χ2v) is 5.45. The first-order valence-electron chi connectivity index (χ1n) is 7.26. The van der Waals surface area contributed by atoms with E-state index in [1.165, 1.54) is 29.8 Å². The second kappa shape index (κ2) is 6.23. The molecule has 1 unspecified atom stereocenters. The van der Waals surface area contributed by atoms with E-state index in [-0.39, 0.29) is 12.2 Å². The molecule has 2 N–H and O–H groups in total. The zero-order valence-electron chi connectivity index (χ0n) is 12.4. The van der Waals surface area contributed by atoms with E-state index in [0.29, 0.717) is 29.7 Å². The summed E-state index contributed by atoms with van der Waals surface area (Å²) in [5.74, 6) is 1.72. The number of imidazole rings is 1. The summed E-state index contributed by atoms with van der Waals surface area (Å²) >= 11 is 0. The van der Waals surface area contributed by atoms with Gasteiger partial charge in [-0.2, -0.15) is 0 Å². The van der Waals surface area contributed by atoms with E-state index in [1.54, 1.807) is 19.4 Å². The first kappa shape index (κ1) is 14.6. The number of H-pyrrole nitrogens is 1. The van der Waals surface area contributed by atoms with Gasteiger partial charge < -0.3 is 19.6 Å². The van der Waals surface area contributed by atoms with Gasteiger partial charge in [0.25, 0.3) is 0 Å². The van der Waals surface area contributed by atoms with Gasteiger partial charge in [0.1, 0.15) is 6.10 Å². The van der Waals surface area contributed by atoms with E-state index in [9.17, 15) is 9.90 Å². The highest BCUT2D eigenvalue weighted by molar-refractivity contribution is 5.39. The van der Waals surface area contributed by atoms with E-state index >= 15 is 0 Å². The van der Waals surface area contributed by atoms with E-state index in [2.05, 4.69) is 9.97 Å². The number of nitrogens with one attached hydrogen (secondary N) is 1. The smallest absolute Gasteiger partial charge is 0.325 e. The molecule has 0 bridgehead atoms. The van der Waals surface area contributed by atoms with Gasteiger partial charge >= 0.3 is 5.69 Å². The Labute approximate surface area is 127 Å². The minimum Gasteiger partial charge on any atom is -0.491 e. The molecule has 0 aromatic carbocycles. The minimum absolute atomic E-state index is 0.129. The van der Waals surface area contributed by atoms with Crippen molar-refractivity contribution < 1.29 is 14.6 Å². The lowest BCUT2D eigenvalue weighted by molar-refractivity contribution is 0.149. The van der Waals surface area contributed by atoms with Crippen LogP contribution in [0.1, 0.15) is 24.6 Å². The summed E-state index contributed by atoms with van der Waals surface area (Å²) in [4.78, 5) is 18.2. The van der Waals surface area contributed by atoms with Crippen LogP contribution in [0.15, 0.2) is 29.5 Å². The van der Waals surface area contributed by atoms with Crippen molar-refractivity contribution >= 4 is 0 Å². The fourth-order valence-electron chi connectivity index (χ4n) is 2.15. The summed E-state index contributed by atoms with van der Waals surface area (Å²) < 4.78 is 12.4. The van der Waals surface area contributed by atoms with Gasteiger partial charge in [-0.3, -0.25) is 9.55 Å². The van der Waals surface area contributed by atoms with Crippen molar-refractivity contribution in [3.63, 3.8) is 0 Å². The highest BCUT2D eigenvalue weighted by atomic mass is 16.5. The maximum atomic E-state index is 11.5. The third-order valence-corrected chi connectivity index (χ3v) is 3.68. The lowest BCUT2D eigenvalue weighted by atomic mass is 10.2. The molecule has 0 amide bonds. The number of aromatic nitrogens is 3. The molecule has 118 valence electrons. The average Bonchev–Trinajstić information content (AvgIpc) is 3.28. The number of hydrogen-bond acceptors (Lipinski definition) is 5. The van der Waals surface area contributed by atoms with Gasteiger partial charge in [0, 0.05) is 18.5 Å². The summed E-state index contributed by atoms with van der Waals surface area (Å²) in [7, 11) is 1.55. The normalized spacial score (nSPS) is 15.5. The Morgan fingerprint density at radius 3 is 2.95 bits per heavy atom. The van der Waals surface area contributed by atoms with Gasteiger partial charge in [-0.05, 0) is 18.8 Å². The molecule has 1 aliphatic rings. The molecule has 0 saturated heterocycles. The highest BCUT2D eigenvalue weighted by Gasteiger charge is 2.23. The van der Waals surface area contributed by atoms with Crippen molar-refractivity contribution in [1.82, 2.24) is 14.5 Å². The van der Waals surface area contributed by atoms with Gasteiger partial charge in [-0.25, -0.2) is 4.79 Å². The number of aliphatic hydroxyl groups is 1. The molecule has 3 rings (SSSR count). The van der Waals surface area contributed by atoms with Crippen LogP contribution in [-0.2, 0) is 6.54 Å². The Balaban J connectivity index is 1.75. The van der Waals surface area contributed by atoms with Crippen LogP contribution in [0, 0.1) is 5.92 Å². The van der Waals surface area contributed by atoms with E-state index in [0.717, 1.165) is 0 Å². The van der Waals surface area contributed by atoms with Crippen LogP contribution in [0.25, 0.3) is 0 Å². The van der Waals surface area contributed by atoms with Crippen LogP contribution in [0.2, 0.25) is 0 Å². The van der Waals surface area contributed by atoms with E-state index < -0.39 is 6.10 Å². The standard InChI is InChI=1S/C15H19N3O4/c1-21-14-7-17-11(6-13(14)22-9-10-2-3-10)12(19)8-18-5-4-16-15(18)20/h4-7,10,12,19H,2-3,8-9H2,1H3,(H,16,20). The number of aromatic amines is 1. The summed E-state index contributed by atoms with van der Waals surface area (Å²) in [6, 6.07) is 1.67. The highest BCUT2D eigenvalue weighted by Crippen LogP contribution is 2.33. The van der Waals surface area contributed by atoms with Gasteiger partial charge in [0.05, 0.1) is 32.2 Å². The van der Waals surface area contributed by atoms with Gasteiger partial charge in [0.15, 0.2) is 11.5 Å². The molecule has 0 radical (unpaired) electrons. The lowest BCUT2D eigenvalue weighted by Gasteiger charge is -2.14. The quantitative estimate of drug-likeness (QED) is 0.799. The molecule has 0 aliphatic heterocycles. The van der Waals surface area contributed by atoms with Gasteiger partial charge in [-0.1, -0.05) is 0 Å². The molecular formula is C15H19N3O4. The number of hydrogen-bond donors (Lipinski definition) is 2. The third-order valence-electron chi connectivity index (χ3n) is 3.68. The van der Waals surface area contributed by atoms with Crippen molar-refractivity contribution in [2.75, 3.05) is 13.7 Å². The zero-order valence-corrected chi connectivity index (χ0v) is 12.4. The van der Waals surface area contributed by atoms with Crippen molar-refractivity contribution in [3.8, 4) is 11.5 Å². The fraction of sp³-hybridized carbons (Fsp3) is 0.467. The predicted molar refractivity (Wildman–Crippen MR) is 79.0 cm³/mol. The topological polar surface area (TPSA) is 89.4 Å². The summed E-state index contributed by atoms with van der Waals surface area (Å²) in [6.45, 7) is 0.775. The number of ether oxygens (including phenoxy) is 2. The molecule has 1 aliphatic carbocycles.